The van der Waals surface area contributed by atoms with Crippen molar-refractivity contribution in [2.45, 2.75) is 52.0 Å². The van der Waals surface area contributed by atoms with Gasteiger partial charge >= 0.3 is 0 Å². The molecule has 2 aromatic rings. The average molecular weight is 380 g/mol. The van der Waals surface area contributed by atoms with Gasteiger partial charge in [-0.15, -0.1) is 0 Å². The number of aryl methyl sites for hydroxylation is 2. The summed E-state index contributed by atoms with van der Waals surface area (Å²) in [5, 5.41) is 5.91. The number of para-hydroxylation sites is 2. The zero-order valence-electron chi connectivity index (χ0n) is 16.6. The Labute approximate surface area is 166 Å². The largest absolute Gasteiger partial charge is 0.483 e. The van der Waals surface area contributed by atoms with Crippen molar-refractivity contribution in [3.8, 4) is 5.75 Å². The van der Waals surface area contributed by atoms with E-state index in [0.717, 1.165) is 42.6 Å². The van der Waals surface area contributed by atoms with Crippen LogP contribution in [0.1, 0.15) is 53.6 Å². The predicted octanol–water partition coefficient (Wildman–Crippen LogP) is 4.38. The third-order valence-corrected chi connectivity index (χ3v) is 5.14. The lowest BCUT2D eigenvalue weighted by Crippen LogP contribution is -2.36. The monoisotopic (exact) mass is 380 g/mol. The molecule has 0 spiro atoms. The lowest BCUT2D eigenvalue weighted by atomic mass is 9.95. The van der Waals surface area contributed by atoms with Crippen LogP contribution in [-0.4, -0.2) is 24.5 Å². The maximum absolute atomic E-state index is 12.7. The molecule has 2 amide bonds. The van der Waals surface area contributed by atoms with Gasteiger partial charge in [0, 0.05) is 6.04 Å². The quantitative estimate of drug-likeness (QED) is 0.781. The first-order valence-corrected chi connectivity index (χ1v) is 9.93. The van der Waals surface area contributed by atoms with E-state index < -0.39 is 0 Å². The number of anilines is 1. The molecule has 2 aromatic carbocycles. The molecule has 0 heterocycles. The van der Waals surface area contributed by atoms with Gasteiger partial charge in [-0.05, 0) is 49.9 Å². The number of amides is 2. The van der Waals surface area contributed by atoms with Crippen LogP contribution in [0.25, 0.3) is 0 Å². The molecule has 1 aliphatic carbocycles. The van der Waals surface area contributed by atoms with Crippen LogP contribution in [0.2, 0.25) is 0 Å². The van der Waals surface area contributed by atoms with Crippen LogP contribution in [-0.2, 0) is 4.79 Å². The highest BCUT2D eigenvalue weighted by atomic mass is 16.5. The first kappa shape index (κ1) is 19.9. The number of rotatable bonds is 6. The highest BCUT2D eigenvalue weighted by Gasteiger charge is 2.19. The zero-order valence-corrected chi connectivity index (χ0v) is 16.6. The molecule has 0 saturated heterocycles. The van der Waals surface area contributed by atoms with Crippen molar-refractivity contribution in [2.75, 3.05) is 11.9 Å². The minimum Gasteiger partial charge on any atom is -0.483 e. The number of carbonyl (C=O) groups is 2. The molecule has 0 aromatic heterocycles. The van der Waals surface area contributed by atoms with Crippen molar-refractivity contribution in [3.05, 3.63) is 59.2 Å². The molecule has 1 aliphatic rings. The average Bonchev–Trinajstić information content (AvgIpc) is 2.69. The lowest BCUT2D eigenvalue weighted by Gasteiger charge is -2.23. The Kier molecular flexibility index (Phi) is 6.69. The van der Waals surface area contributed by atoms with Crippen LogP contribution in [0.15, 0.2) is 42.5 Å². The fourth-order valence-corrected chi connectivity index (χ4v) is 3.65. The van der Waals surface area contributed by atoms with Crippen molar-refractivity contribution < 1.29 is 14.3 Å². The topological polar surface area (TPSA) is 67.4 Å². The molecule has 3 rings (SSSR count). The lowest BCUT2D eigenvalue weighted by molar-refractivity contribution is -0.118. The first-order chi connectivity index (χ1) is 13.5. The molecule has 5 heteroatoms. The zero-order chi connectivity index (χ0) is 19.9. The van der Waals surface area contributed by atoms with Gasteiger partial charge in [0.2, 0.25) is 0 Å². The number of nitrogens with one attached hydrogen (secondary N) is 2. The Balaban J connectivity index is 1.62. The second kappa shape index (κ2) is 9.40. The number of carbonyl (C=O) groups excluding carboxylic acids is 2. The summed E-state index contributed by atoms with van der Waals surface area (Å²) in [5.74, 6) is 0.292. The van der Waals surface area contributed by atoms with Crippen molar-refractivity contribution in [1.29, 1.82) is 0 Å². The molecule has 0 bridgehead atoms. The minimum atomic E-state index is -0.291. The Hall–Kier alpha value is -2.82. The standard InChI is InChI=1S/C23H28N2O3/c1-16-9-8-10-17(2)22(16)28-15-21(26)25-20-14-7-6-13-19(20)23(27)24-18-11-4-3-5-12-18/h6-10,13-14,18H,3-5,11-12,15H2,1-2H3,(H,24,27)(H,25,26). The molecule has 0 unspecified atom stereocenters. The molecule has 1 fully saturated rings. The Morgan fingerprint density at radius 2 is 1.64 bits per heavy atom. The molecule has 28 heavy (non-hydrogen) atoms. The summed E-state index contributed by atoms with van der Waals surface area (Å²) < 4.78 is 5.71. The normalized spacial score (nSPS) is 14.4. The van der Waals surface area contributed by atoms with Crippen LogP contribution >= 0.6 is 0 Å². The van der Waals surface area contributed by atoms with E-state index in [1.54, 1.807) is 24.3 Å². The summed E-state index contributed by atoms with van der Waals surface area (Å²) in [6.45, 7) is 3.79. The van der Waals surface area contributed by atoms with Gasteiger partial charge in [0.1, 0.15) is 5.75 Å². The molecule has 148 valence electrons. The smallest absolute Gasteiger partial charge is 0.262 e. The molecule has 5 nitrogen and oxygen atoms in total. The second-order valence-corrected chi connectivity index (χ2v) is 7.41. The number of hydrogen-bond acceptors (Lipinski definition) is 3. The molecule has 2 N–H and O–H groups in total. The molecule has 1 saturated carbocycles. The van der Waals surface area contributed by atoms with E-state index in [1.807, 2.05) is 32.0 Å². The van der Waals surface area contributed by atoms with E-state index in [2.05, 4.69) is 10.6 Å². The Bertz CT molecular complexity index is 821. The van der Waals surface area contributed by atoms with Gasteiger partial charge in [0.15, 0.2) is 6.61 Å². The number of hydrogen-bond donors (Lipinski definition) is 2. The van der Waals surface area contributed by atoms with E-state index in [4.69, 9.17) is 4.74 Å². The van der Waals surface area contributed by atoms with Crippen molar-refractivity contribution in [3.63, 3.8) is 0 Å². The van der Waals surface area contributed by atoms with Crippen LogP contribution < -0.4 is 15.4 Å². The summed E-state index contributed by atoms with van der Waals surface area (Å²) in [6, 6.07) is 13.2. The summed E-state index contributed by atoms with van der Waals surface area (Å²) >= 11 is 0. The van der Waals surface area contributed by atoms with Crippen LogP contribution in [0.4, 0.5) is 5.69 Å². The second-order valence-electron chi connectivity index (χ2n) is 7.41. The highest BCUT2D eigenvalue weighted by molar-refractivity contribution is 6.04. The van der Waals surface area contributed by atoms with E-state index in [0.29, 0.717) is 11.3 Å². The van der Waals surface area contributed by atoms with Crippen molar-refractivity contribution >= 4 is 17.5 Å². The van der Waals surface area contributed by atoms with Gasteiger partial charge in [-0.2, -0.15) is 0 Å². The van der Waals surface area contributed by atoms with E-state index >= 15 is 0 Å². The molecule has 0 atom stereocenters. The molecular formula is C23H28N2O3. The third-order valence-electron chi connectivity index (χ3n) is 5.14. The fraction of sp³-hybridized carbons (Fsp3) is 0.391. The van der Waals surface area contributed by atoms with E-state index in [9.17, 15) is 9.59 Å². The van der Waals surface area contributed by atoms with Crippen molar-refractivity contribution in [2.24, 2.45) is 0 Å². The number of ether oxygens (including phenoxy) is 1. The van der Waals surface area contributed by atoms with Crippen LogP contribution in [0, 0.1) is 13.8 Å². The Morgan fingerprint density at radius 3 is 2.36 bits per heavy atom. The Morgan fingerprint density at radius 1 is 0.964 bits per heavy atom. The van der Waals surface area contributed by atoms with Crippen LogP contribution in [0.5, 0.6) is 5.75 Å². The molecule has 0 radical (unpaired) electrons. The first-order valence-electron chi connectivity index (χ1n) is 9.93. The summed E-state index contributed by atoms with van der Waals surface area (Å²) in [7, 11) is 0. The van der Waals surface area contributed by atoms with E-state index in [-0.39, 0.29) is 24.5 Å². The van der Waals surface area contributed by atoms with Crippen LogP contribution in [0.3, 0.4) is 0 Å². The molecule has 0 aliphatic heterocycles. The van der Waals surface area contributed by atoms with Gasteiger partial charge in [-0.3, -0.25) is 9.59 Å². The SMILES string of the molecule is Cc1cccc(C)c1OCC(=O)Nc1ccccc1C(=O)NC1CCCCC1. The van der Waals surface area contributed by atoms with Crippen molar-refractivity contribution in [1.82, 2.24) is 5.32 Å². The van der Waals surface area contributed by atoms with E-state index in [1.165, 1.54) is 6.42 Å². The molecular weight excluding hydrogens is 352 g/mol. The number of benzene rings is 2. The maximum atomic E-state index is 12.7. The summed E-state index contributed by atoms with van der Waals surface area (Å²) in [4.78, 5) is 25.1. The van der Waals surface area contributed by atoms with Gasteiger partial charge in [-0.25, -0.2) is 0 Å². The summed E-state index contributed by atoms with van der Waals surface area (Å²) in [6.07, 6.45) is 5.57. The highest BCUT2D eigenvalue weighted by Crippen LogP contribution is 2.23. The van der Waals surface area contributed by atoms with Gasteiger partial charge in [0.05, 0.1) is 11.3 Å². The summed E-state index contributed by atoms with van der Waals surface area (Å²) in [5.41, 5.74) is 2.96. The van der Waals surface area contributed by atoms with Gasteiger partial charge in [-0.1, -0.05) is 49.6 Å². The van der Waals surface area contributed by atoms with Gasteiger partial charge in [0.25, 0.3) is 11.8 Å². The predicted molar refractivity (Wildman–Crippen MR) is 111 cm³/mol. The maximum Gasteiger partial charge on any atom is 0.262 e. The van der Waals surface area contributed by atoms with Gasteiger partial charge < -0.3 is 15.4 Å². The fourth-order valence-electron chi connectivity index (χ4n) is 3.65. The minimum absolute atomic E-state index is 0.107. The third kappa shape index (κ3) is 5.12.